The molecule has 0 heterocycles. The largest absolute Gasteiger partial charge is 0.278 e. The van der Waals surface area contributed by atoms with Crippen LogP contribution in [0.3, 0.4) is 0 Å². The van der Waals surface area contributed by atoms with Crippen LogP contribution in [-0.2, 0) is 10.0 Å². The van der Waals surface area contributed by atoms with Crippen LogP contribution in [0.4, 0.5) is 5.69 Å². The zero-order valence-corrected chi connectivity index (χ0v) is 13.2. The molecule has 0 atom stereocenters. The minimum atomic E-state index is -3.61. The van der Waals surface area contributed by atoms with E-state index in [4.69, 9.17) is 11.6 Å². The van der Waals surface area contributed by atoms with Crippen LogP contribution < -0.4 is 4.72 Å². The smallest absolute Gasteiger partial charge is 0.261 e. The van der Waals surface area contributed by atoms with Gasteiger partial charge in [-0.2, -0.15) is 0 Å². The Kier molecular flexibility index (Phi) is 4.18. The maximum Gasteiger partial charge on any atom is 0.261 e. The summed E-state index contributed by atoms with van der Waals surface area (Å²) in [5.41, 5.74) is 1.21. The molecule has 1 N–H and O–H groups in total. The number of para-hydroxylation sites is 1. The molecule has 2 rings (SSSR count). The highest BCUT2D eigenvalue weighted by atomic mass is 79.9. The molecule has 2 aromatic carbocycles. The van der Waals surface area contributed by atoms with Crippen molar-refractivity contribution >= 4 is 43.2 Å². The van der Waals surface area contributed by atoms with Gasteiger partial charge in [0.1, 0.15) is 0 Å². The second-order valence-corrected chi connectivity index (χ2v) is 6.94. The molecule has 2 aromatic rings. The van der Waals surface area contributed by atoms with E-state index in [-0.39, 0.29) is 4.90 Å². The number of hydrogen-bond donors (Lipinski definition) is 1. The van der Waals surface area contributed by atoms with E-state index in [0.29, 0.717) is 15.2 Å². The number of nitrogens with one attached hydrogen (secondary N) is 1. The van der Waals surface area contributed by atoms with Gasteiger partial charge in [0.05, 0.1) is 10.6 Å². The molecule has 3 nitrogen and oxygen atoms in total. The van der Waals surface area contributed by atoms with Gasteiger partial charge in [-0.05, 0) is 58.7 Å². The third kappa shape index (κ3) is 3.29. The number of hydrogen-bond acceptors (Lipinski definition) is 2. The molecule has 6 heteroatoms. The highest BCUT2D eigenvalue weighted by Gasteiger charge is 2.16. The summed E-state index contributed by atoms with van der Waals surface area (Å²) in [6.45, 7) is 1.76. The molecular formula is C13H11BrClNO2S. The molecule has 0 aliphatic carbocycles. The molecule has 19 heavy (non-hydrogen) atoms. The summed E-state index contributed by atoms with van der Waals surface area (Å²) in [7, 11) is -3.61. The lowest BCUT2D eigenvalue weighted by atomic mass is 10.2. The molecule has 0 amide bonds. The maximum absolute atomic E-state index is 12.2. The van der Waals surface area contributed by atoms with Crippen LogP contribution in [0.5, 0.6) is 0 Å². The second-order valence-electron chi connectivity index (χ2n) is 4.00. The Morgan fingerprint density at radius 1 is 1.16 bits per heavy atom. The fourth-order valence-corrected chi connectivity index (χ4v) is 3.33. The molecule has 0 aliphatic rings. The van der Waals surface area contributed by atoms with Crippen molar-refractivity contribution in [1.82, 2.24) is 0 Å². The Balaban J connectivity index is 2.38. The van der Waals surface area contributed by atoms with E-state index in [1.54, 1.807) is 37.3 Å². The van der Waals surface area contributed by atoms with Crippen molar-refractivity contribution in [2.45, 2.75) is 11.8 Å². The first-order valence-corrected chi connectivity index (χ1v) is 8.09. The van der Waals surface area contributed by atoms with Crippen molar-refractivity contribution in [3.05, 3.63) is 57.5 Å². The Labute approximate surface area is 125 Å². The van der Waals surface area contributed by atoms with Crippen LogP contribution in [0.2, 0.25) is 5.02 Å². The van der Waals surface area contributed by atoms with Gasteiger partial charge < -0.3 is 0 Å². The molecule has 0 spiro atoms. The third-order valence-electron chi connectivity index (χ3n) is 2.56. The van der Waals surface area contributed by atoms with Crippen molar-refractivity contribution in [3.8, 4) is 0 Å². The second kappa shape index (κ2) is 5.53. The average Bonchev–Trinajstić information content (AvgIpc) is 2.35. The molecule has 0 bridgehead atoms. The molecule has 0 aliphatic heterocycles. The van der Waals surface area contributed by atoms with Gasteiger partial charge in [0.25, 0.3) is 10.0 Å². The van der Waals surface area contributed by atoms with Crippen LogP contribution in [0, 0.1) is 6.92 Å². The van der Waals surface area contributed by atoms with Gasteiger partial charge >= 0.3 is 0 Å². The fourth-order valence-electron chi connectivity index (χ4n) is 1.53. The average molecular weight is 361 g/mol. The van der Waals surface area contributed by atoms with Crippen molar-refractivity contribution < 1.29 is 8.42 Å². The number of rotatable bonds is 3. The zero-order chi connectivity index (χ0) is 14.0. The Hall–Kier alpha value is -1.04. The summed E-state index contributed by atoms with van der Waals surface area (Å²) in [5, 5.41) is 0.542. The summed E-state index contributed by atoms with van der Waals surface area (Å²) in [6, 6.07) is 11.6. The van der Waals surface area contributed by atoms with Crippen LogP contribution in [-0.4, -0.2) is 8.42 Å². The van der Waals surface area contributed by atoms with Crippen molar-refractivity contribution in [3.63, 3.8) is 0 Å². The van der Waals surface area contributed by atoms with Gasteiger partial charge in [-0.3, -0.25) is 4.72 Å². The lowest BCUT2D eigenvalue weighted by molar-refractivity contribution is 0.601. The Morgan fingerprint density at radius 2 is 1.84 bits per heavy atom. The molecule has 0 aromatic heterocycles. The van der Waals surface area contributed by atoms with Crippen molar-refractivity contribution in [2.24, 2.45) is 0 Å². The lowest BCUT2D eigenvalue weighted by Crippen LogP contribution is -2.13. The number of halogens is 2. The number of sulfonamides is 1. The summed E-state index contributed by atoms with van der Waals surface area (Å²) in [4.78, 5) is 0.185. The number of aryl methyl sites for hydroxylation is 1. The lowest BCUT2D eigenvalue weighted by Gasteiger charge is -2.10. The van der Waals surface area contributed by atoms with Gasteiger partial charge in [-0.15, -0.1) is 0 Å². The topological polar surface area (TPSA) is 46.2 Å². The fraction of sp³-hybridized carbons (Fsp3) is 0.0769. The highest BCUT2D eigenvalue weighted by molar-refractivity contribution is 9.10. The number of benzene rings is 2. The van der Waals surface area contributed by atoms with E-state index in [9.17, 15) is 8.42 Å². The summed E-state index contributed by atoms with van der Waals surface area (Å²) in [5.74, 6) is 0. The first-order chi connectivity index (χ1) is 8.90. The van der Waals surface area contributed by atoms with E-state index in [1.165, 1.54) is 6.07 Å². The SMILES string of the molecule is Cc1cc(S(=O)(=O)Nc2ccccc2Br)ccc1Cl. The molecule has 0 saturated carbocycles. The van der Waals surface area contributed by atoms with Crippen LogP contribution in [0.1, 0.15) is 5.56 Å². The molecule has 100 valence electrons. The first-order valence-electron chi connectivity index (χ1n) is 5.43. The molecule has 0 radical (unpaired) electrons. The van der Waals surface area contributed by atoms with E-state index in [2.05, 4.69) is 20.7 Å². The van der Waals surface area contributed by atoms with Crippen LogP contribution >= 0.6 is 27.5 Å². The van der Waals surface area contributed by atoms with Gasteiger partial charge in [0.2, 0.25) is 0 Å². The van der Waals surface area contributed by atoms with Gasteiger partial charge in [0.15, 0.2) is 0 Å². The highest BCUT2D eigenvalue weighted by Crippen LogP contribution is 2.26. The van der Waals surface area contributed by atoms with Gasteiger partial charge in [-0.25, -0.2) is 8.42 Å². The standard InChI is InChI=1S/C13H11BrClNO2S/c1-9-8-10(6-7-12(9)15)19(17,18)16-13-5-3-2-4-11(13)14/h2-8,16H,1H3. The molecular weight excluding hydrogens is 350 g/mol. The van der Waals surface area contributed by atoms with Crippen molar-refractivity contribution in [1.29, 1.82) is 0 Å². The maximum atomic E-state index is 12.2. The predicted molar refractivity (Wildman–Crippen MR) is 81.1 cm³/mol. The Bertz CT molecular complexity index is 716. The minimum absolute atomic E-state index is 0.185. The normalized spacial score (nSPS) is 11.3. The first kappa shape index (κ1) is 14.4. The monoisotopic (exact) mass is 359 g/mol. The van der Waals surface area contributed by atoms with E-state index in [1.807, 2.05) is 6.07 Å². The number of anilines is 1. The summed E-state index contributed by atoms with van der Waals surface area (Å²) in [6.07, 6.45) is 0. The summed E-state index contributed by atoms with van der Waals surface area (Å²) < 4.78 is 27.7. The van der Waals surface area contributed by atoms with Gasteiger partial charge in [-0.1, -0.05) is 23.7 Å². The van der Waals surface area contributed by atoms with Crippen molar-refractivity contribution in [2.75, 3.05) is 4.72 Å². The van der Waals surface area contributed by atoms with E-state index < -0.39 is 10.0 Å². The minimum Gasteiger partial charge on any atom is -0.278 e. The summed E-state index contributed by atoms with van der Waals surface area (Å²) >= 11 is 9.19. The molecule has 0 saturated heterocycles. The quantitative estimate of drug-likeness (QED) is 0.891. The third-order valence-corrected chi connectivity index (χ3v) is 5.04. The van der Waals surface area contributed by atoms with E-state index in [0.717, 1.165) is 5.56 Å². The zero-order valence-electron chi connectivity index (χ0n) is 10.0. The van der Waals surface area contributed by atoms with E-state index >= 15 is 0 Å². The van der Waals surface area contributed by atoms with Crippen LogP contribution in [0.25, 0.3) is 0 Å². The van der Waals surface area contributed by atoms with Crippen LogP contribution in [0.15, 0.2) is 51.8 Å². The molecule has 0 fully saturated rings. The Morgan fingerprint density at radius 3 is 2.47 bits per heavy atom. The van der Waals surface area contributed by atoms with Gasteiger partial charge in [0, 0.05) is 9.50 Å². The molecule has 0 unspecified atom stereocenters. The predicted octanol–water partition coefficient (Wildman–Crippen LogP) is 4.21.